The van der Waals surface area contributed by atoms with Crippen LogP contribution in [0.25, 0.3) is 0 Å². The molecule has 0 aliphatic carbocycles. The van der Waals surface area contributed by atoms with Crippen LogP contribution >= 0.6 is 18.7 Å². The standard InChI is InChI=1S/C25H30ClN6O3P/c1-31(2)15-23(33)32-11-10-16-12-21(35-3)19(13-20(16)32)29-25-27-14-17(26)24(30-25)28-18-8-6-7-9-22(18)36(4,5)34/h6-9,12-14H,10-11,15H2,1-5H3,(H2,27,28,29,30). The summed E-state index contributed by atoms with van der Waals surface area (Å²) in [6.45, 7) is 4.38. The van der Waals surface area contributed by atoms with Gasteiger partial charge in [0.15, 0.2) is 5.82 Å². The van der Waals surface area contributed by atoms with Crippen molar-refractivity contribution in [3.63, 3.8) is 0 Å². The smallest absolute Gasteiger partial charge is 0.241 e. The highest BCUT2D eigenvalue weighted by Gasteiger charge is 2.27. The Morgan fingerprint density at radius 1 is 1.19 bits per heavy atom. The van der Waals surface area contributed by atoms with Gasteiger partial charge in [-0.05, 0) is 63.7 Å². The van der Waals surface area contributed by atoms with E-state index in [4.69, 9.17) is 16.3 Å². The number of benzene rings is 2. The summed E-state index contributed by atoms with van der Waals surface area (Å²) >= 11 is 6.39. The normalized spacial score (nSPS) is 13.0. The SMILES string of the molecule is COc1cc2c(cc1Nc1ncc(Cl)c(Nc3ccccc3P(C)(C)=O)n1)N(C(=O)CN(C)C)CC2. The van der Waals surface area contributed by atoms with Gasteiger partial charge in [0.05, 0.1) is 31.2 Å². The van der Waals surface area contributed by atoms with Crippen LogP contribution in [-0.4, -0.2) is 68.4 Å². The Labute approximate surface area is 216 Å². The van der Waals surface area contributed by atoms with Crippen LogP contribution in [0.5, 0.6) is 5.75 Å². The number of hydrogen-bond acceptors (Lipinski definition) is 8. The van der Waals surface area contributed by atoms with Crippen molar-refractivity contribution >= 4 is 58.8 Å². The van der Waals surface area contributed by atoms with Crippen LogP contribution in [0.3, 0.4) is 0 Å². The molecule has 190 valence electrons. The molecule has 11 heteroatoms. The van der Waals surface area contributed by atoms with E-state index in [0.717, 1.165) is 17.7 Å². The van der Waals surface area contributed by atoms with E-state index in [9.17, 15) is 9.36 Å². The predicted octanol–water partition coefficient (Wildman–Crippen LogP) is 4.32. The lowest BCUT2D eigenvalue weighted by molar-refractivity contribution is -0.119. The van der Waals surface area contributed by atoms with Crippen molar-refractivity contribution in [3.8, 4) is 5.75 Å². The molecular formula is C25H30ClN6O3P. The predicted molar refractivity (Wildman–Crippen MR) is 147 cm³/mol. The molecule has 36 heavy (non-hydrogen) atoms. The summed E-state index contributed by atoms with van der Waals surface area (Å²) in [6, 6.07) is 11.2. The second-order valence-electron chi connectivity index (χ2n) is 9.22. The number of anilines is 5. The molecule has 1 aliphatic rings. The van der Waals surface area contributed by atoms with Gasteiger partial charge in [-0.15, -0.1) is 0 Å². The number of halogens is 1. The lowest BCUT2D eigenvalue weighted by Crippen LogP contribution is -2.36. The van der Waals surface area contributed by atoms with Gasteiger partial charge in [-0.25, -0.2) is 4.98 Å². The van der Waals surface area contributed by atoms with Crippen LogP contribution in [0, 0.1) is 0 Å². The van der Waals surface area contributed by atoms with E-state index < -0.39 is 7.14 Å². The average molecular weight is 529 g/mol. The van der Waals surface area contributed by atoms with Crippen molar-refractivity contribution in [2.75, 3.05) is 63.2 Å². The molecule has 2 heterocycles. The molecule has 1 amide bonds. The molecule has 9 nitrogen and oxygen atoms in total. The minimum atomic E-state index is -2.53. The molecule has 4 rings (SSSR count). The summed E-state index contributed by atoms with van der Waals surface area (Å²) in [5.74, 6) is 1.31. The van der Waals surface area contributed by atoms with E-state index in [1.807, 2.05) is 55.4 Å². The van der Waals surface area contributed by atoms with Gasteiger partial charge in [0.2, 0.25) is 11.9 Å². The second kappa shape index (κ2) is 10.5. The number of ether oxygens (including phenoxy) is 1. The summed E-state index contributed by atoms with van der Waals surface area (Å²) in [5, 5.41) is 7.43. The Kier molecular flexibility index (Phi) is 7.54. The maximum atomic E-state index is 12.8. The maximum absolute atomic E-state index is 12.8. The van der Waals surface area contributed by atoms with Gasteiger partial charge in [0.1, 0.15) is 17.9 Å². The Hall–Kier alpha value is -3.13. The maximum Gasteiger partial charge on any atom is 0.241 e. The average Bonchev–Trinajstić information content (AvgIpc) is 3.23. The first-order valence-corrected chi connectivity index (χ1v) is 14.4. The van der Waals surface area contributed by atoms with Gasteiger partial charge < -0.3 is 29.7 Å². The molecule has 1 aromatic heterocycles. The zero-order chi connectivity index (χ0) is 26.0. The third kappa shape index (κ3) is 5.64. The Morgan fingerprint density at radius 2 is 1.94 bits per heavy atom. The van der Waals surface area contributed by atoms with Crippen LogP contribution in [0.1, 0.15) is 5.56 Å². The first kappa shape index (κ1) is 25.9. The highest BCUT2D eigenvalue weighted by atomic mass is 35.5. The molecule has 2 N–H and O–H groups in total. The summed E-state index contributed by atoms with van der Waals surface area (Å²) in [5.41, 5.74) is 3.18. The van der Waals surface area contributed by atoms with E-state index in [-0.39, 0.29) is 11.9 Å². The highest BCUT2D eigenvalue weighted by Crippen LogP contribution is 2.40. The van der Waals surface area contributed by atoms with Crippen LogP contribution in [0.4, 0.5) is 28.8 Å². The number of carbonyl (C=O) groups is 1. The zero-order valence-corrected chi connectivity index (χ0v) is 22.7. The van der Waals surface area contributed by atoms with Crippen molar-refractivity contribution in [2.45, 2.75) is 6.42 Å². The number of amides is 1. The van der Waals surface area contributed by atoms with Gasteiger partial charge in [-0.1, -0.05) is 23.7 Å². The molecule has 0 saturated heterocycles. The zero-order valence-electron chi connectivity index (χ0n) is 21.0. The van der Waals surface area contributed by atoms with E-state index in [0.29, 0.717) is 46.4 Å². The first-order valence-electron chi connectivity index (χ1n) is 11.4. The third-order valence-corrected chi connectivity index (χ3v) is 7.60. The number of methoxy groups -OCH3 is 1. The number of nitrogens with one attached hydrogen (secondary N) is 2. The largest absolute Gasteiger partial charge is 0.495 e. The van der Waals surface area contributed by atoms with Crippen molar-refractivity contribution < 1.29 is 14.1 Å². The molecule has 1 aliphatic heterocycles. The second-order valence-corrected chi connectivity index (χ2v) is 12.8. The molecule has 0 bridgehead atoms. The van der Waals surface area contributed by atoms with Crippen molar-refractivity contribution in [1.82, 2.24) is 14.9 Å². The monoisotopic (exact) mass is 528 g/mol. The van der Waals surface area contributed by atoms with E-state index in [1.54, 1.807) is 25.3 Å². The number of para-hydroxylation sites is 1. The number of fused-ring (bicyclic) bond motifs is 1. The minimum absolute atomic E-state index is 0.0342. The van der Waals surface area contributed by atoms with Crippen LogP contribution < -0.4 is 25.6 Å². The molecule has 3 aromatic rings. The lowest BCUT2D eigenvalue weighted by Gasteiger charge is -2.21. The van der Waals surface area contributed by atoms with Gasteiger partial charge in [-0.2, -0.15) is 4.98 Å². The number of carbonyl (C=O) groups excluding carboxylic acids is 1. The molecule has 0 radical (unpaired) electrons. The van der Waals surface area contributed by atoms with Gasteiger partial charge >= 0.3 is 0 Å². The number of hydrogen-bond donors (Lipinski definition) is 2. The topological polar surface area (TPSA) is 99.7 Å². The molecule has 0 saturated carbocycles. The van der Waals surface area contributed by atoms with Crippen LogP contribution in [0.2, 0.25) is 5.02 Å². The van der Waals surface area contributed by atoms with Crippen molar-refractivity contribution in [1.29, 1.82) is 0 Å². The number of aromatic nitrogens is 2. The fraction of sp³-hybridized carbons (Fsp3) is 0.320. The lowest BCUT2D eigenvalue weighted by atomic mass is 10.1. The van der Waals surface area contributed by atoms with Crippen LogP contribution in [-0.2, 0) is 15.8 Å². The summed E-state index contributed by atoms with van der Waals surface area (Å²) in [4.78, 5) is 25.3. The van der Waals surface area contributed by atoms with Crippen molar-refractivity contribution in [2.24, 2.45) is 0 Å². The Bertz CT molecular complexity index is 1340. The van der Waals surface area contributed by atoms with E-state index in [1.165, 1.54) is 6.20 Å². The van der Waals surface area contributed by atoms with Crippen molar-refractivity contribution in [3.05, 3.63) is 53.2 Å². The van der Waals surface area contributed by atoms with Gasteiger partial charge in [-0.3, -0.25) is 4.79 Å². The summed E-state index contributed by atoms with van der Waals surface area (Å²) in [6.07, 6.45) is 2.25. The van der Waals surface area contributed by atoms with E-state index >= 15 is 0 Å². The Morgan fingerprint density at radius 3 is 2.64 bits per heavy atom. The number of nitrogens with zero attached hydrogens (tertiary/aromatic N) is 4. The third-order valence-electron chi connectivity index (χ3n) is 5.78. The number of rotatable bonds is 8. The highest BCUT2D eigenvalue weighted by molar-refractivity contribution is 7.70. The minimum Gasteiger partial charge on any atom is -0.495 e. The molecule has 0 unspecified atom stereocenters. The molecular weight excluding hydrogens is 499 g/mol. The van der Waals surface area contributed by atoms with Gasteiger partial charge in [0, 0.05) is 17.5 Å². The Balaban J connectivity index is 1.64. The molecule has 2 aromatic carbocycles. The summed E-state index contributed by atoms with van der Waals surface area (Å²) < 4.78 is 18.4. The summed E-state index contributed by atoms with van der Waals surface area (Å²) in [7, 11) is 2.81. The quantitative estimate of drug-likeness (QED) is 0.417. The van der Waals surface area contributed by atoms with Gasteiger partial charge in [0.25, 0.3) is 0 Å². The molecule has 0 atom stereocenters. The fourth-order valence-corrected chi connectivity index (χ4v) is 5.40. The van der Waals surface area contributed by atoms with Crippen LogP contribution in [0.15, 0.2) is 42.6 Å². The molecule has 0 fully saturated rings. The molecule has 0 spiro atoms. The first-order chi connectivity index (χ1) is 17.1. The number of likely N-dealkylation sites (N-methyl/N-ethyl adjacent to an activating group) is 1. The van der Waals surface area contributed by atoms with E-state index in [2.05, 4.69) is 20.6 Å². The fourth-order valence-electron chi connectivity index (χ4n) is 4.11.